The van der Waals surface area contributed by atoms with Gasteiger partial charge in [-0.25, -0.2) is 14.0 Å². The number of benzene rings is 3. The molecule has 0 aliphatic rings. The smallest absolute Gasteiger partial charge is 0.338 e. The lowest BCUT2D eigenvalue weighted by molar-refractivity contribution is -0.119. The summed E-state index contributed by atoms with van der Waals surface area (Å²) in [5, 5.41) is 3.31. The number of rotatable bonds is 7. The average Bonchev–Trinajstić information content (AvgIpc) is 2.83. The number of aryl methyl sites for hydroxylation is 1. The van der Waals surface area contributed by atoms with E-state index in [2.05, 4.69) is 5.32 Å². The van der Waals surface area contributed by atoms with Crippen molar-refractivity contribution in [3.8, 4) is 5.75 Å². The van der Waals surface area contributed by atoms with E-state index in [1.54, 1.807) is 36.4 Å². The van der Waals surface area contributed by atoms with Crippen LogP contribution in [0.1, 0.15) is 21.5 Å². The highest BCUT2D eigenvalue weighted by atomic mass is 35.5. The summed E-state index contributed by atoms with van der Waals surface area (Å²) in [6.45, 7) is 1.52. The Hall–Kier alpha value is -4.17. The molecule has 1 heterocycles. The van der Waals surface area contributed by atoms with E-state index in [0.717, 1.165) is 28.6 Å². The van der Waals surface area contributed by atoms with E-state index in [4.69, 9.17) is 25.5 Å². The number of esters is 1. The molecule has 7 nitrogen and oxygen atoms in total. The second-order valence-electron chi connectivity index (χ2n) is 7.64. The molecule has 0 aliphatic carbocycles. The first kappa shape index (κ1) is 24.0. The van der Waals surface area contributed by atoms with Crippen LogP contribution < -0.4 is 15.7 Å². The van der Waals surface area contributed by atoms with Gasteiger partial charge < -0.3 is 19.2 Å². The van der Waals surface area contributed by atoms with Gasteiger partial charge in [0.2, 0.25) is 0 Å². The Balaban J connectivity index is 1.30. The summed E-state index contributed by atoms with van der Waals surface area (Å²) >= 11 is 5.86. The minimum Gasteiger partial charge on any atom is -0.489 e. The van der Waals surface area contributed by atoms with Crippen LogP contribution in [0, 0.1) is 12.7 Å². The lowest BCUT2D eigenvalue weighted by Gasteiger charge is -2.09. The summed E-state index contributed by atoms with van der Waals surface area (Å²) in [7, 11) is 0. The molecule has 0 radical (unpaired) electrons. The topological polar surface area (TPSA) is 94.8 Å². The Labute approximate surface area is 204 Å². The minimum atomic E-state index is -0.683. The van der Waals surface area contributed by atoms with Crippen LogP contribution in [0.25, 0.3) is 11.0 Å². The van der Waals surface area contributed by atoms with Crippen LogP contribution in [0.3, 0.4) is 0 Å². The summed E-state index contributed by atoms with van der Waals surface area (Å²) in [4.78, 5) is 35.8. The second kappa shape index (κ2) is 10.4. The summed E-state index contributed by atoms with van der Waals surface area (Å²) in [6, 6.07) is 16.7. The zero-order valence-corrected chi connectivity index (χ0v) is 19.2. The molecular formula is C26H19ClFNO6. The number of nitrogens with one attached hydrogen (secondary N) is 1. The fraction of sp³-hybridized carbons (Fsp3) is 0.115. The van der Waals surface area contributed by atoms with Crippen molar-refractivity contribution in [3.05, 3.63) is 105 Å². The molecule has 1 amide bonds. The van der Waals surface area contributed by atoms with Gasteiger partial charge in [0.25, 0.3) is 5.91 Å². The average molecular weight is 496 g/mol. The van der Waals surface area contributed by atoms with Crippen LogP contribution in [0.5, 0.6) is 5.75 Å². The Bertz CT molecular complexity index is 1470. The van der Waals surface area contributed by atoms with Crippen LogP contribution in [-0.4, -0.2) is 18.5 Å². The number of hydrogen-bond donors (Lipinski definition) is 1. The van der Waals surface area contributed by atoms with Gasteiger partial charge in [0.05, 0.1) is 16.3 Å². The number of amides is 1. The maximum atomic E-state index is 13.1. The molecule has 1 N–H and O–H groups in total. The molecule has 9 heteroatoms. The van der Waals surface area contributed by atoms with Gasteiger partial charge in [-0.1, -0.05) is 23.7 Å². The number of carbonyl (C=O) groups is 2. The van der Waals surface area contributed by atoms with Gasteiger partial charge in [0.15, 0.2) is 6.61 Å². The standard InChI is InChI=1S/C26H19ClFNO6/c1-15-10-25(31)35-23-12-19(7-8-20(15)23)33-13-16-2-4-17(5-3-16)26(32)34-14-24(30)29-22-9-6-18(28)11-21(22)27/h2-12H,13-14H2,1H3,(H,29,30). The zero-order chi connectivity index (χ0) is 24.9. The van der Waals surface area contributed by atoms with Crippen LogP contribution in [-0.2, 0) is 16.1 Å². The van der Waals surface area contributed by atoms with Crippen LogP contribution >= 0.6 is 11.6 Å². The van der Waals surface area contributed by atoms with Gasteiger partial charge in [0, 0.05) is 17.5 Å². The van der Waals surface area contributed by atoms with Crippen molar-refractivity contribution in [2.45, 2.75) is 13.5 Å². The molecule has 3 aromatic carbocycles. The highest BCUT2D eigenvalue weighted by Crippen LogP contribution is 2.24. The third-order valence-electron chi connectivity index (χ3n) is 5.06. The predicted molar refractivity (Wildman–Crippen MR) is 128 cm³/mol. The summed E-state index contributed by atoms with van der Waals surface area (Å²) < 4.78 is 29.1. The Morgan fingerprint density at radius 2 is 1.80 bits per heavy atom. The van der Waals surface area contributed by atoms with Crippen LogP contribution in [0.15, 0.2) is 75.9 Å². The van der Waals surface area contributed by atoms with Crippen molar-refractivity contribution in [1.29, 1.82) is 0 Å². The monoisotopic (exact) mass is 495 g/mol. The normalized spacial score (nSPS) is 10.7. The maximum absolute atomic E-state index is 13.1. The van der Waals surface area contributed by atoms with Gasteiger partial charge in [-0.3, -0.25) is 4.79 Å². The first-order valence-corrected chi connectivity index (χ1v) is 10.8. The fourth-order valence-corrected chi connectivity index (χ4v) is 3.50. The molecule has 0 saturated carbocycles. The van der Waals surface area contributed by atoms with E-state index in [0.29, 0.717) is 11.3 Å². The predicted octanol–water partition coefficient (Wildman–Crippen LogP) is 5.27. The first-order chi connectivity index (χ1) is 16.8. The Kier molecular flexibility index (Phi) is 7.12. The molecule has 0 bridgehead atoms. The highest BCUT2D eigenvalue weighted by molar-refractivity contribution is 6.33. The molecule has 0 aliphatic heterocycles. The second-order valence-corrected chi connectivity index (χ2v) is 8.05. The van der Waals surface area contributed by atoms with Crippen molar-refractivity contribution in [3.63, 3.8) is 0 Å². The molecule has 1 aromatic heterocycles. The van der Waals surface area contributed by atoms with Crippen molar-refractivity contribution in [2.24, 2.45) is 0 Å². The molecule has 4 aromatic rings. The number of carbonyl (C=O) groups excluding carboxylic acids is 2. The van der Waals surface area contributed by atoms with E-state index in [1.165, 1.54) is 12.1 Å². The quantitative estimate of drug-likeness (QED) is 0.277. The Morgan fingerprint density at radius 3 is 2.54 bits per heavy atom. The van der Waals surface area contributed by atoms with Crippen LogP contribution in [0.2, 0.25) is 5.02 Å². The van der Waals surface area contributed by atoms with Gasteiger partial charge in [-0.15, -0.1) is 0 Å². The fourth-order valence-electron chi connectivity index (χ4n) is 3.29. The van der Waals surface area contributed by atoms with E-state index in [-0.39, 0.29) is 22.9 Å². The van der Waals surface area contributed by atoms with E-state index in [9.17, 15) is 18.8 Å². The minimum absolute atomic E-state index is 0.0332. The van der Waals surface area contributed by atoms with Crippen molar-refractivity contribution < 1.29 is 27.9 Å². The number of halogens is 2. The number of hydrogen-bond acceptors (Lipinski definition) is 6. The third-order valence-corrected chi connectivity index (χ3v) is 5.37. The molecular weight excluding hydrogens is 477 g/mol. The third kappa shape index (κ3) is 6.04. The van der Waals surface area contributed by atoms with Crippen molar-refractivity contribution >= 4 is 40.1 Å². The SMILES string of the molecule is Cc1cc(=O)oc2cc(OCc3ccc(C(=O)OCC(=O)Nc4ccc(F)cc4Cl)cc3)ccc12. The summed E-state index contributed by atoms with van der Waals surface area (Å²) in [5.74, 6) is -1.30. The van der Waals surface area contributed by atoms with E-state index >= 15 is 0 Å². The molecule has 35 heavy (non-hydrogen) atoms. The van der Waals surface area contributed by atoms with E-state index in [1.807, 2.05) is 13.0 Å². The number of fused-ring (bicyclic) bond motifs is 1. The van der Waals surface area contributed by atoms with Gasteiger partial charge in [-0.05, 0) is 60.5 Å². The molecule has 178 valence electrons. The van der Waals surface area contributed by atoms with E-state index < -0.39 is 29.9 Å². The molecule has 0 fully saturated rings. The largest absolute Gasteiger partial charge is 0.489 e. The first-order valence-electron chi connectivity index (χ1n) is 10.5. The molecule has 0 atom stereocenters. The maximum Gasteiger partial charge on any atom is 0.338 e. The molecule has 0 saturated heterocycles. The van der Waals surface area contributed by atoms with Crippen molar-refractivity contribution in [1.82, 2.24) is 0 Å². The van der Waals surface area contributed by atoms with Gasteiger partial charge >= 0.3 is 11.6 Å². The van der Waals surface area contributed by atoms with Crippen molar-refractivity contribution in [2.75, 3.05) is 11.9 Å². The zero-order valence-electron chi connectivity index (χ0n) is 18.5. The molecule has 0 unspecified atom stereocenters. The Morgan fingerprint density at radius 1 is 1.03 bits per heavy atom. The molecule has 4 rings (SSSR count). The van der Waals surface area contributed by atoms with Gasteiger partial charge in [0.1, 0.15) is 23.8 Å². The highest BCUT2D eigenvalue weighted by Gasteiger charge is 2.12. The number of anilines is 1. The summed E-state index contributed by atoms with van der Waals surface area (Å²) in [5.41, 5.74) is 2.09. The lowest BCUT2D eigenvalue weighted by atomic mass is 10.1. The molecule has 0 spiro atoms. The lowest BCUT2D eigenvalue weighted by Crippen LogP contribution is -2.21. The van der Waals surface area contributed by atoms with Gasteiger partial charge in [-0.2, -0.15) is 0 Å². The number of ether oxygens (including phenoxy) is 2. The van der Waals surface area contributed by atoms with Crippen LogP contribution in [0.4, 0.5) is 10.1 Å². The summed E-state index contributed by atoms with van der Waals surface area (Å²) in [6.07, 6.45) is 0.